The quantitative estimate of drug-likeness (QED) is 0.668. The summed E-state index contributed by atoms with van der Waals surface area (Å²) < 4.78 is 4.33. The van der Waals surface area contributed by atoms with Crippen molar-refractivity contribution >= 4 is 40.3 Å². The molecule has 2 aromatic heterocycles. The van der Waals surface area contributed by atoms with E-state index >= 15 is 0 Å². The maximum Gasteiger partial charge on any atom is 0.332 e. The second-order valence-corrected chi connectivity index (χ2v) is 7.58. The van der Waals surface area contributed by atoms with Crippen LogP contribution in [0.5, 0.6) is 0 Å². The maximum atomic E-state index is 12.9. The molecule has 1 fully saturated rings. The number of halogens is 2. The Morgan fingerprint density at radius 1 is 1.04 bits per heavy atom. The second kappa shape index (κ2) is 6.73. The summed E-state index contributed by atoms with van der Waals surface area (Å²) in [4.78, 5) is 32.0. The zero-order chi connectivity index (χ0) is 19.3. The Hall–Kier alpha value is -2.25. The molecule has 1 aromatic carbocycles. The molecule has 0 amide bonds. The summed E-state index contributed by atoms with van der Waals surface area (Å²) in [6, 6.07) is 5.32. The Balaban J connectivity index is 2.03. The molecule has 0 bridgehead atoms. The number of imidazole rings is 1. The highest BCUT2D eigenvalue weighted by molar-refractivity contribution is 6.36. The van der Waals surface area contributed by atoms with Crippen LogP contribution in [0.4, 0.5) is 5.95 Å². The molecule has 27 heavy (non-hydrogen) atoms. The fourth-order valence-corrected chi connectivity index (χ4v) is 4.10. The van der Waals surface area contributed by atoms with Gasteiger partial charge in [-0.25, -0.2) is 4.79 Å². The molecule has 0 radical (unpaired) electrons. The van der Waals surface area contributed by atoms with E-state index < -0.39 is 5.69 Å². The van der Waals surface area contributed by atoms with Gasteiger partial charge in [-0.3, -0.25) is 18.5 Å². The summed E-state index contributed by atoms with van der Waals surface area (Å²) in [6.45, 7) is 2.01. The minimum absolute atomic E-state index is 0.300. The number of aromatic nitrogens is 4. The van der Waals surface area contributed by atoms with Gasteiger partial charge in [0.25, 0.3) is 5.56 Å². The highest BCUT2D eigenvalue weighted by atomic mass is 35.5. The van der Waals surface area contributed by atoms with E-state index in [2.05, 4.69) is 9.88 Å². The van der Waals surface area contributed by atoms with Crippen LogP contribution in [-0.4, -0.2) is 31.8 Å². The van der Waals surface area contributed by atoms with Crippen LogP contribution in [0.15, 0.2) is 27.8 Å². The predicted molar refractivity (Wildman–Crippen MR) is 107 cm³/mol. The van der Waals surface area contributed by atoms with Gasteiger partial charge in [-0.2, -0.15) is 4.98 Å². The number of aryl methyl sites for hydroxylation is 1. The number of nitrogens with zero attached hydrogens (tertiary/aromatic N) is 5. The van der Waals surface area contributed by atoms with E-state index in [4.69, 9.17) is 23.2 Å². The number of fused-ring (bicyclic) bond motifs is 1. The van der Waals surface area contributed by atoms with Gasteiger partial charge in [0.15, 0.2) is 11.2 Å². The number of rotatable bonds is 3. The van der Waals surface area contributed by atoms with E-state index in [0.29, 0.717) is 33.7 Å². The minimum Gasteiger partial charge on any atom is -0.342 e. The molecule has 9 heteroatoms. The minimum atomic E-state index is -0.402. The molecule has 0 atom stereocenters. The van der Waals surface area contributed by atoms with E-state index in [9.17, 15) is 9.59 Å². The smallest absolute Gasteiger partial charge is 0.332 e. The van der Waals surface area contributed by atoms with Gasteiger partial charge in [0.2, 0.25) is 5.95 Å². The van der Waals surface area contributed by atoms with Gasteiger partial charge in [-0.1, -0.05) is 29.3 Å². The monoisotopic (exact) mass is 407 g/mol. The molecule has 1 aliphatic heterocycles. The fraction of sp³-hybridized carbons (Fsp3) is 0.389. The van der Waals surface area contributed by atoms with Gasteiger partial charge < -0.3 is 4.90 Å². The van der Waals surface area contributed by atoms with Gasteiger partial charge in [-0.15, -0.1) is 0 Å². The highest BCUT2D eigenvalue weighted by Crippen LogP contribution is 2.29. The van der Waals surface area contributed by atoms with Crippen molar-refractivity contribution in [3.05, 3.63) is 54.6 Å². The van der Waals surface area contributed by atoms with Crippen molar-refractivity contribution in [3.8, 4) is 0 Å². The Bertz CT molecular complexity index is 1130. The summed E-state index contributed by atoms with van der Waals surface area (Å²) in [5, 5.41) is 1.05. The van der Waals surface area contributed by atoms with Gasteiger partial charge in [-0.05, 0) is 25.0 Å². The molecule has 0 spiro atoms. The lowest BCUT2D eigenvalue weighted by Gasteiger charge is -2.19. The van der Waals surface area contributed by atoms with Crippen LogP contribution in [0, 0.1) is 0 Å². The summed E-state index contributed by atoms with van der Waals surface area (Å²) >= 11 is 12.7. The molecule has 7 nitrogen and oxygen atoms in total. The van der Waals surface area contributed by atoms with Gasteiger partial charge in [0.05, 0.1) is 6.54 Å². The van der Waals surface area contributed by atoms with Crippen LogP contribution in [0.25, 0.3) is 11.2 Å². The van der Waals surface area contributed by atoms with E-state index in [1.807, 2.05) is 4.57 Å². The van der Waals surface area contributed by atoms with Crippen LogP contribution < -0.4 is 16.1 Å². The molecule has 142 valence electrons. The molecule has 0 unspecified atom stereocenters. The average Bonchev–Trinajstić information content (AvgIpc) is 3.29. The van der Waals surface area contributed by atoms with Gasteiger partial charge in [0, 0.05) is 42.8 Å². The predicted octanol–water partition coefficient (Wildman–Crippen LogP) is 2.39. The van der Waals surface area contributed by atoms with Gasteiger partial charge >= 0.3 is 5.69 Å². The first-order chi connectivity index (χ1) is 12.9. The fourth-order valence-electron chi connectivity index (χ4n) is 3.58. The van der Waals surface area contributed by atoms with Crippen molar-refractivity contribution in [1.29, 1.82) is 0 Å². The lowest BCUT2D eigenvalue weighted by molar-refractivity contribution is 0.701. The number of hydrogen-bond donors (Lipinski definition) is 0. The van der Waals surface area contributed by atoms with E-state index in [1.54, 1.807) is 25.2 Å². The SMILES string of the molecule is Cn1c(=O)c2c(nc(N3CCCC3)n2Cc2c(Cl)cccc2Cl)n(C)c1=O. The van der Waals surface area contributed by atoms with Crippen molar-refractivity contribution in [2.45, 2.75) is 19.4 Å². The average molecular weight is 408 g/mol. The first-order valence-electron chi connectivity index (χ1n) is 8.74. The Kier molecular flexibility index (Phi) is 4.52. The van der Waals surface area contributed by atoms with E-state index in [1.165, 1.54) is 11.6 Å². The lowest BCUT2D eigenvalue weighted by atomic mass is 10.2. The normalized spacial score (nSPS) is 14.4. The molecule has 4 rings (SSSR count). The second-order valence-electron chi connectivity index (χ2n) is 6.77. The van der Waals surface area contributed by atoms with Crippen LogP contribution in [-0.2, 0) is 20.6 Å². The van der Waals surface area contributed by atoms with Crippen LogP contribution in [0.3, 0.4) is 0 Å². The van der Waals surface area contributed by atoms with E-state index in [0.717, 1.165) is 36.1 Å². The lowest BCUT2D eigenvalue weighted by Crippen LogP contribution is -2.37. The molecular formula is C18H19Cl2N5O2. The maximum absolute atomic E-state index is 12.9. The molecule has 1 saturated heterocycles. The first kappa shape index (κ1) is 18.1. The Morgan fingerprint density at radius 3 is 2.30 bits per heavy atom. The van der Waals surface area contributed by atoms with Crippen molar-refractivity contribution < 1.29 is 0 Å². The number of benzene rings is 1. The van der Waals surface area contributed by atoms with Crippen molar-refractivity contribution in [2.24, 2.45) is 14.1 Å². The molecule has 1 aliphatic rings. The topological polar surface area (TPSA) is 65.1 Å². The summed E-state index contributed by atoms with van der Waals surface area (Å²) in [5.41, 5.74) is 0.678. The van der Waals surface area contributed by atoms with Crippen molar-refractivity contribution in [3.63, 3.8) is 0 Å². The molecule has 3 heterocycles. The zero-order valence-corrected chi connectivity index (χ0v) is 16.6. The number of anilines is 1. The van der Waals surface area contributed by atoms with Crippen LogP contribution in [0.2, 0.25) is 10.0 Å². The number of hydrogen-bond acceptors (Lipinski definition) is 4. The third-order valence-corrected chi connectivity index (χ3v) is 5.80. The molecule has 0 aliphatic carbocycles. The molecule has 0 saturated carbocycles. The van der Waals surface area contributed by atoms with Crippen LogP contribution >= 0.6 is 23.2 Å². The van der Waals surface area contributed by atoms with Crippen molar-refractivity contribution in [1.82, 2.24) is 18.7 Å². The van der Waals surface area contributed by atoms with Crippen molar-refractivity contribution in [2.75, 3.05) is 18.0 Å². The Labute approximate surface area is 165 Å². The third-order valence-electron chi connectivity index (χ3n) is 5.09. The Morgan fingerprint density at radius 2 is 1.67 bits per heavy atom. The third kappa shape index (κ3) is 2.85. The largest absolute Gasteiger partial charge is 0.342 e. The highest BCUT2D eigenvalue weighted by Gasteiger charge is 2.25. The molecule has 3 aromatic rings. The van der Waals surface area contributed by atoms with Gasteiger partial charge in [0.1, 0.15) is 0 Å². The summed E-state index contributed by atoms with van der Waals surface area (Å²) in [6.07, 6.45) is 2.12. The van der Waals surface area contributed by atoms with E-state index in [-0.39, 0.29) is 5.56 Å². The summed E-state index contributed by atoms with van der Waals surface area (Å²) in [5.74, 6) is 0.664. The first-order valence-corrected chi connectivity index (χ1v) is 9.50. The zero-order valence-electron chi connectivity index (χ0n) is 15.1. The summed E-state index contributed by atoms with van der Waals surface area (Å²) in [7, 11) is 3.09. The van der Waals surface area contributed by atoms with Crippen LogP contribution in [0.1, 0.15) is 18.4 Å². The molecular weight excluding hydrogens is 389 g/mol. The molecule has 0 N–H and O–H groups in total. The standard InChI is InChI=1S/C18H19Cl2N5O2/c1-22-15-14(16(26)23(2)18(22)27)25(17(21-15)24-8-3-4-9-24)10-11-12(19)6-5-7-13(11)20/h5-7H,3-4,8-10H2,1-2H3.